The van der Waals surface area contributed by atoms with Crippen LogP contribution in [-0.2, 0) is 17.8 Å². The number of aromatic nitrogens is 1. The fourth-order valence-corrected chi connectivity index (χ4v) is 5.66. The summed E-state index contributed by atoms with van der Waals surface area (Å²) >= 11 is 0. The van der Waals surface area contributed by atoms with Crippen molar-refractivity contribution in [1.29, 1.82) is 0 Å². The number of unbranched alkanes of at least 4 members (excludes halogenated alkanes) is 1. The molecule has 1 aromatic heterocycles. The first-order chi connectivity index (χ1) is 18.1. The number of alkyl halides is 1. The Labute approximate surface area is 224 Å². The van der Waals surface area contributed by atoms with Gasteiger partial charge in [-0.2, -0.15) is 0 Å². The normalized spacial score (nSPS) is 18.6. The lowest BCUT2D eigenvalue weighted by atomic mass is 9.75. The summed E-state index contributed by atoms with van der Waals surface area (Å²) in [6.07, 6.45) is 3.75. The largest absolute Gasteiger partial charge is 0.354 e. The first-order valence-electron chi connectivity index (χ1n) is 13.9. The number of Topliss-reactive ketones (excluding diaryl/α,β-unsaturated/α-hetero) is 1. The highest BCUT2D eigenvalue weighted by Crippen LogP contribution is 2.36. The summed E-state index contributed by atoms with van der Waals surface area (Å²) in [7, 11) is 0. The third-order valence-electron chi connectivity index (χ3n) is 7.71. The molecule has 2 aromatic rings. The average molecular weight is 525 g/mol. The lowest BCUT2D eigenvalue weighted by molar-refractivity contribution is -0.118. The van der Waals surface area contributed by atoms with Gasteiger partial charge in [0.1, 0.15) is 17.9 Å². The molecule has 4 rings (SSSR count). The molecular weight excluding hydrogens is 483 g/mol. The van der Waals surface area contributed by atoms with Crippen LogP contribution in [0.1, 0.15) is 97.0 Å². The molecule has 2 heterocycles. The van der Waals surface area contributed by atoms with Gasteiger partial charge in [-0.3, -0.25) is 19.3 Å². The fourth-order valence-electron chi connectivity index (χ4n) is 5.66. The first kappa shape index (κ1) is 28.0. The lowest BCUT2D eigenvalue weighted by Crippen LogP contribution is -2.44. The second-order valence-electron chi connectivity index (χ2n) is 11.7. The number of nitrogens with one attached hydrogen (secondary N) is 3. The highest BCUT2D eigenvalue weighted by Gasteiger charge is 2.35. The fraction of sp³-hybridized carbons (Fsp3) is 0.567. The summed E-state index contributed by atoms with van der Waals surface area (Å²) in [5.74, 6) is -0.588. The van der Waals surface area contributed by atoms with E-state index in [0.717, 1.165) is 37.2 Å². The zero-order valence-electron chi connectivity index (χ0n) is 23.1. The summed E-state index contributed by atoms with van der Waals surface area (Å²) in [5, 5.41) is 5.90. The van der Waals surface area contributed by atoms with Gasteiger partial charge in [0.15, 0.2) is 5.78 Å². The molecule has 0 radical (unpaired) electrons. The summed E-state index contributed by atoms with van der Waals surface area (Å²) < 4.78 is 13.5. The van der Waals surface area contributed by atoms with Crippen LogP contribution in [0.4, 0.5) is 10.1 Å². The maximum atomic E-state index is 13.5. The Balaban J connectivity index is 1.44. The van der Waals surface area contributed by atoms with Crippen LogP contribution in [0.5, 0.6) is 0 Å². The van der Waals surface area contributed by atoms with Gasteiger partial charge in [-0.15, -0.1) is 0 Å². The predicted octanol–water partition coefficient (Wildman–Crippen LogP) is 5.34. The van der Waals surface area contributed by atoms with Crippen molar-refractivity contribution >= 4 is 23.3 Å². The number of benzene rings is 1. The van der Waals surface area contributed by atoms with E-state index in [9.17, 15) is 18.8 Å². The summed E-state index contributed by atoms with van der Waals surface area (Å²) in [4.78, 5) is 44.8. The number of rotatable bonds is 9. The van der Waals surface area contributed by atoms with E-state index in [1.807, 2.05) is 31.2 Å². The second kappa shape index (κ2) is 11.8. The molecule has 1 atom stereocenters. The molecule has 1 aromatic carbocycles. The van der Waals surface area contributed by atoms with Gasteiger partial charge >= 0.3 is 0 Å². The Bertz CT molecular complexity index is 1180. The molecule has 7 nitrogen and oxygen atoms in total. The smallest absolute Gasteiger partial charge is 0.268 e. The molecule has 1 aliphatic carbocycles. The maximum Gasteiger partial charge on any atom is 0.268 e. The number of carbonyl (C=O) groups is 3. The molecule has 2 amide bonds. The van der Waals surface area contributed by atoms with E-state index in [0.29, 0.717) is 61.2 Å². The third-order valence-corrected chi connectivity index (χ3v) is 7.71. The molecule has 38 heavy (non-hydrogen) atoms. The molecule has 1 saturated heterocycles. The first-order valence-corrected chi connectivity index (χ1v) is 13.9. The van der Waals surface area contributed by atoms with Crippen LogP contribution in [0.2, 0.25) is 0 Å². The maximum absolute atomic E-state index is 13.5. The van der Waals surface area contributed by atoms with Gasteiger partial charge in [0.05, 0.1) is 0 Å². The molecule has 2 aliphatic rings. The summed E-state index contributed by atoms with van der Waals surface area (Å²) in [5.41, 5.74) is 3.99. The quantitative estimate of drug-likeness (QED) is 0.413. The van der Waals surface area contributed by atoms with Gasteiger partial charge in [-0.1, -0.05) is 45.7 Å². The zero-order chi connectivity index (χ0) is 27.4. The van der Waals surface area contributed by atoms with Crippen molar-refractivity contribution in [2.45, 2.75) is 91.4 Å². The van der Waals surface area contributed by atoms with E-state index in [2.05, 4.69) is 34.4 Å². The van der Waals surface area contributed by atoms with Crippen molar-refractivity contribution in [1.82, 2.24) is 15.2 Å². The van der Waals surface area contributed by atoms with Crippen molar-refractivity contribution in [2.24, 2.45) is 5.41 Å². The predicted molar refractivity (Wildman–Crippen MR) is 147 cm³/mol. The van der Waals surface area contributed by atoms with Crippen molar-refractivity contribution in [3.8, 4) is 0 Å². The van der Waals surface area contributed by atoms with Gasteiger partial charge in [0.2, 0.25) is 5.91 Å². The van der Waals surface area contributed by atoms with Crippen molar-refractivity contribution < 1.29 is 18.8 Å². The van der Waals surface area contributed by atoms with E-state index < -0.39 is 12.2 Å². The minimum atomic E-state index is -0.709. The second-order valence-corrected chi connectivity index (χ2v) is 11.7. The minimum Gasteiger partial charge on any atom is -0.354 e. The number of ketones is 1. The van der Waals surface area contributed by atoms with Crippen LogP contribution in [0, 0.1) is 12.3 Å². The van der Waals surface area contributed by atoms with Crippen LogP contribution in [0.15, 0.2) is 24.3 Å². The minimum absolute atomic E-state index is 0.0540. The standard InChI is InChI=1S/C30H41FN4O3/c1-5-6-10-23(34-29(38)27-19(2)26-24(33-27)16-30(3,4)17-25(26)36)28(37)32-22-9-7-8-20(15-22)18-35-13-11-21(31)12-14-35/h7-9,15,21,23,33H,5-6,10-14,16-18H2,1-4H3,(H,32,37)(H,34,38). The Morgan fingerprint density at radius 2 is 1.95 bits per heavy atom. The van der Waals surface area contributed by atoms with Crippen LogP contribution in [0.25, 0.3) is 0 Å². The van der Waals surface area contributed by atoms with E-state index in [1.54, 1.807) is 6.92 Å². The molecular formula is C30H41FN4O3. The van der Waals surface area contributed by atoms with E-state index in [4.69, 9.17) is 0 Å². The molecule has 206 valence electrons. The highest BCUT2D eigenvalue weighted by atomic mass is 19.1. The molecule has 0 bridgehead atoms. The molecule has 0 saturated carbocycles. The number of H-pyrrole nitrogens is 1. The number of hydrogen-bond donors (Lipinski definition) is 3. The van der Waals surface area contributed by atoms with Crippen molar-refractivity contribution in [3.05, 3.63) is 52.3 Å². The Morgan fingerprint density at radius 1 is 1.21 bits per heavy atom. The average Bonchev–Trinajstić information content (AvgIpc) is 3.18. The Kier molecular flexibility index (Phi) is 8.71. The summed E-state index contributed by atoms with van der Waals surface area (Å²) in [6.45, 7) is 10.1. The van der Waals surface area contributed by atoms with Gasteiger partial charge in [0.25, 0.3) is 5.91 Å². The van der Waals surface area contributed by atoms with E-state index in [-0.39, 0.29) is 23.0 Å². The number of amides is 2. The Morgan fingerprint density at radius 3 is 2.66 bits per heavy atom. The van der Waals surface area contributed by atoms with Crippen LogP contribution >= 0.6 is 0 Å². The molecule has 0 spiro atoms. The topological polar surface area (TPSA) is 94.3 Å². The lowest BCUT2D eigenvalue weighted by Gasteiger charge is -2.28. The van der Waals surface area contributed by atoms with Crippen LogP contribution in [0.3, 0.4) is 0 Å². The van der Waals surface area contributed by atoms with Gasteiger partial charge < -0.3 is 15.6 Å². The van der Waals surface area contributed by atoms with Gasteiger partial charge in [-0.25, -0.2) is 4.39 Å². The van der Waals surface area contributed by atoms with Crippen molar-refractivity contribution in [2.75, 3.05) is 18.4 Å². The van der Waals surface area contributed by atoms with Gasteiger partial charge in [-0.05, 0) is 61.3 Å². The summed E-state index contributed by atoms with van der Waals surface area (Å²) in [6, 6.07) is 6.98. The number of fused-ring (bicyclic) bond motifs is 1. The number of aromatic amines is 1. The SMILES string of the molecule is CCCCC(NC(=O)c1[nH]c2c(c1C)C(=O)CC(C)(C)C2)C(=O)Nc1cccc(CN2CCC(F)CC2)c1. The monoisotopic (exact) mass is 524 g/mol. The number of carbonyl (C=O) groups excluding carboxylic acids is 3. The molecule has 1 unspecified atom stereocenters. The zero-order valence-corrected chi connectivity index (χ0v) is 23.1. The number of piperidine rings is 1. The third kappa shape index (κ3) is 6.70. The number of anilines is 1. The Hall–Kier alpha value is -3.00. The molecule has 1 fully saturated rings. The molecule has 1 aliphatic heterocycles. The number of likely N-dealkylation sites (tertiary alicyclic amines) is 1. The molecule has 8 heteroatoms. The van der Waals surface area contributed by atoms with Crippen LogP contribution in [-0.4, -0.2) is 52.8 Å². The number of nitrogens with zero attached hydrogens (tertiary/aromatic N) is 1. The van der Waals surface area contributed by atoms with Crippen LogP contribution < -0.4 is 10.6 Å². The number of hydrogen-bond acceptors (Lipinski definition) is 4. The van der Waals surface area contributed by atoms with E-state index >= 15 is 0 Å². The number of halogens is 1. The van der Waals surface area contributed by atoms with E-state index in [1.165, 1.54) is 0 Å². The van der Waals surface area contributed by atoms with Crippen molar-refractivity contribution in [3.63, 3.8) is 0 Å². The highest BCUT2D eigenvalue weighted by molar-refractivity contribution is 6.06. The molecule has 3 N–H and O–H groups in total. The van der Waals surface area contributed by atoms with Gasteiger partial charge in [0, 0.05) is 43.0 Å².